The Morgan fingerprint density at radius 1 is 1.29 bits per heavy atom. The van der Waals surface area contributed by atoms with Gasteiger partial charge in [-0.15, -0.1) is 0 Å². The fourth-order valence-electron chi connectivity index (χ4n) is 2.31. The van der Waals surface area contributed by atoms with Crippen LogP contribution in [0.4, 0.5) is 4.79 Å². The molecule has 0 aromatic carbocycles. The summed E-state index contributed by atoms with van der Waals surface area (Å²) in [6, 6.07) is 1.96. The Balaban J connectivity index is 2.18. The molecule has 0 spiro atoms. The maximum atomic E-state index is 12.4. The van der Waals surface area contributed by atoms with Crippen LogP contribution in [0.15, 0.2) is 11.0 Å². The van der Waals surface area contributed by atoms with Crippen molar-refractivity contribution < 1.29 is 19.1 Å². The van der Waals surface area contributed by atoms with Crippen LogP contribution >= 0.6 is 11.8 Å². The molecule has 0 N–H and O–H groups in total. The Hall–Kier alpha value is -2.02. The molecule has 0 bridgehead atoms. The van der Waals surface area contributed by atoms with Gasteiger partial charge in [0.05, 0.1) is 4.91 Å². The van der Waals surface area contributed by atoms with Crippen molar-refractivity contribution in [3.63, 3.8) is 0 Å². The first-order valence-electron chi connectivity index (χ1n) is 7.59. The van der Waals surface area contributed by atoms with Gasteiger partial charge in [0, 0.05) is 18.4 Å². The molecule has 1 aromatic heterocycles. The fraction of sp³-hybridized carbons (Fsp3) is 0.471. The Morgan fingerprint density at radius 3 is 2.42 bits per heavy atom. The highest BCUT2D eigenvalue weighted by Crippen LogP contribution is 2.33. The summed E-state index contributed by atoms with van der Waals surface area (Å²) in [5, 5.41) is -0.456. The number of hydrogen-bond donors (Lipinski definition) is 0. The zero-order chi connectivity index (χ0) is 18.2. The Kier molecular flexibility index (Phi) is 4.94. The van der Waals surface area contributed by atoms with Crippen molar-refractivity contribution in [3.8, 4) is 0 Å². The number of carbonyl (C=O) groups is 3. The van der Waals surface area contributed by atoms with E-state index in [2.05, 4.69) is 0 Å². The highest BCUT2D eigenvalue weighted by atomic mass is 32.2. The molecular formula is C17H22N2O4S. The van der Waals surface area contributed by atoms with Crippen molar-refractivity contribution in [1.82, 2.24) is 9.47 Å². The minimum atomic E-state index is -0.659. The predicted octanol–water partition coefficient (Wildman–Crippen LogP) is 3.02. The molecule has 0 aliphatic carbocycles. The lowest BCUT2D eigenvalue weighted by Gasteiger charge is -2.21. The topological polar surface area (TPSA) is 68.6 Å². The maximum Gasteiger partial charge on any atom is 0.326 e. The second-order valence-corrected chi connectivity index (χ2v) is 7.73. The molecule has 130 valence electrons. The molecule has 1 fully saturated rings. The van der Waals surface area contributed by atoms with E-state index in [-0.39, 0.29) is 6.54 Å². The van der Waals surface area contributed by atoms with Crippen LogP contribution in [0.5, 0.6) is 0 Å². The SMILES string of the molecule is Cc1cc(/C=C2\SC(=O)N(CC(=O)OC(C)(C)C)C2=O)c(C)n1C. The van der Waals surface area contributed by atoms with E-state index in [0.717, 1.165) is 33.6 Å². The number of amides is 2. The van der Waals surface area contributed by atoms with Gasteiger partial charge in [0.2, 0.25) is 0 Å². The highest BCUT2D eigenvalue weighted by Gasteiger charge is 2.37. The van der Waals surface area contributed by atoms with E-state index in [1.54, 1.807) is 26.8 Å². The lowest BCUT2D eigenvalue weighted by Crippen LogP contribution is -2.37. The fourth-order valence-corrected chi connectivity index (χ4v) is 3.14. The van der Waals surface area contributed by atoms with Gasteiger partial charge in [0.1, 0.15) is 12.1 Å². The number of hydrogen-bond acceptors (Lipinski definition) is 5. The standard InChI is InChI=1S/C17H22N2O4S/c1-10-7-12(11(2)18(10)6)8-13-15(21)19(16(22)24-13)9-14(20)23-17(3,4)5/h7-8H,9H2,1-6H3/b13-8-. The van der Waals surface area contributed by atoms with Gasteiger partial charge >= 0.3 is 5.97 Å². The normalized spacial score (nSPS) is 17.1. The van der Waals surface area contributed by atoms with Crippen LogP contribution in [0.2, 0.25) is 0 Å². The molecule has 1 saturated heterocycles. The molecule has 1 aromatic rings. The predicted molar refractivity (Wildman–Crippen MR) is 93.4 cm³/mol. The lowest BCUT2D eigenvalue weighted by atomic mass is 10.2. The van der Waals surface area contributed by atoms with Crippen LogP contribution in [-0.4, -0.2) is 38.7 Å². The van der Waals surface area contributed by atoms with Crippen molar-refractivity contribution in [2.24, 2.45) is 7.05 Å². The van der Waals surface area contributed by atoms with Crippen molar-refractivity contribution in [1.29, 1.82) is 0 Å². The zero-order valence-corrected chi connectivity index (χ0v) is 15.6. The van der Waals surface area contributed by atoms with E-state index in [0.29, 0.717) is 4.91 Å². The summed E-state index contributed by atoms with van der Waals surface area (Å²) >= 11 is 0.842. The molecule has 7 heteroatoms. The van der Waals surface area contributed by atoms with Gasteiger partial charge in [0.15, 0.2) is 0 Å². The van der Waals surface area contributed by atoms with Crippen molar-refractivity contribution >= 4 is 35.0 Å². The average molecular weight is 350 g/mol. The first-order valence-corrected chi connectivity index (χ1v) is 8.41. The Morgan fingerprint density at radius 2 is 1.92 bits per heavy atom. The van der Waals surface area contributed by atoms with Gasteiger partial charge in [-0.25, -0.2) is 0 Å². The molecule has 2 heterocycles. The average Bonchev–Trinajstić information content (AvgIpc) is 2.83. The molecule has 24 heavy (non-hydrogen) atoms. The van der Waals surface area contributed by atoms with E-state index in [9.17, 15) is 14.4 Å². The number of nitrogens with zero attached hydrogens (tertiary/aromatic N) is 2. The molecule has 6 nitrogen and oxygen atoms in total. The van der Waals surface area contributed by atoms with E-state index in [1.807, 2.05) is 31.5 Å². The van der Waals surface area contributed by atoms with Crippen molar-refractivity contribution in [2.45, 2.75) is 40.2 Å². The first kappa shape index (κ1) is 18.3. The largest absolute Gasteiger partial charge is 0.459 e. The van der Waals surface area contributed by atoms with Crippen LogP contribution in [0.3, 0.4) is 0 Å². The van der Waals surface area contributed by atoms with Crippen LogP contribution < -0.4 is 0 Å². The lowest BCUT2D eigenvalue weighted by molar-refractivity contribution is -0.156. The quantitative estimate of drug-likeness (QED) is 0.619. The molecule has 1 aliphatic heterocycles. The van der Waals surface area contributed by atoms with Crippen LogP contribution in [0.1, 0.15) is 37.7 Å². The van der Waals surface area contributed by atoms with Gasteiger partial charge in [0.25, 0.3) is 11.1 Å². The minimum Gasteiger partial charge on any atom is -0.459 e. The van der Waals surface area contributed by atoms with Crippen LogP contribution in [0, 0.1) is 13.8 Å². The molecule has 2 amide bonds. The molecule has 2 rings (SSSR count). The van der Waals surface area contributed by atoms with Crippen LogP contribution in [0.25, 0.3) is 6.08 Å². The smallest absolute Gasteiger partial charge is 0.326 e. The summed E-state index contributed by atoms with van der Waals surface area (Å²) in [5.41, 5.74) is 2.30. The highest BCUT2D eigenvalue weighted by molar-refractivity contribution is 8.18. The summed E-state index contributed by atoms with van der Waals surface area (Å²) in [7, 11) is 1.94. The maximum absolute atomic E-state index is 12.4. The van der Waals surface area contributed by atoms with Gasteiger partial charge in [-0.05, 0) is 64.1 Å². The van der Waals surface area contributed by atoms with Gasteiger partial charge < -0.3 is 9.30 Å². The zero-order valence-electron chi connectivity index (χ0n) is 14.8. The third kappa shape index (κ3) is 3.90. The second-order valence-electron chi connectivity index (χ2n) is 6.74. The second kappa shape index (κ2) is 6.47. The summed E-state index contributed by atoms with van der Waals surface area (Å²) in [6.07, 6.45) is 1.70. The number of rotatable bonds is 3. The van der Waals surface area contributed by atoms with E-state index in [1.165, 1.54) is 0 Å². The summed E-state index contributed by atoms with van der Waals surface area (Å²) in [4.78, 5) is 37.6. The number of carbonyl (C=O) groups excluding carboxylic acids is 3. The van der Waals surface area contributed by atoms with Gasteiger partial charge in [-0.1, -0.05) is 0 Å². The molecule has 0 radical (unpaired) electrons. The molecule has 0 unspecified atom stereocenters. The summed E-state index contributed by atoms with van der Waals surface area (Å²) in [6.45, 7) is 8.76. The van der Waals surface area contributed by atoms with Crippen molar-refractivity contribution in [2.75, 3.05) is 6.54 Å². The number of thioether (sulfide) groups is 1. The summed E-state index contributed by atoms with van der Waals surface area (Å²) < 4.78 is 7.18. The Bertz CT molecular complexity index is 741. The number of aryl methyl sites for hydroxylation is 1. The van der Waals surface area contributed by atoms with Gasteiger partial charge in [-0.3, -0.25) is 19.3 Å². The van der Waals surface area contributed by atoms with E-state index in [4.69, 9.17) is 4.74 Å². The Labute approximate surface area is 145 Å². The molecular weight excluding hydrogens is 328 g/mol. The third-order valence-electron chi connectivity index (χ3n) is 3.68. The monoisotopic (exact) mass is 350 g/mol. The minimum absolute atomic E-state index is 0.317. The molecule has 1 aliphatic rings. The number of esters is 1. The van der Waals surface area contributed by atoms with Crippen molar-refractivity contribution in [3.05, 3.63) is 27.9 Å². The van der Waals surface area contributed by atoms with Gasteiger partial charge in [-0.2, -0.15) is 0 Å². The third-order valence-corrected chi connectivity index (χ3v) is 4.59. The number of imide groups is 1. The molecule has 0 saturated carbocycles. The van der Waals surface area contributed by atoms with Crippen LogP contribution in [-0.2, 0) is 21.4 Å². The summed E-state index contributed by atoms with van der Waals surface area (Å²) in [5.74, 6) is -1.06. The number of ether oxygens (including phenoxy) is 1. The van der Waals surface area contributed by atoms with E-state index < -0.39 is 22.7 Å². The number of aromatic nitrogens is 1. The first-order chi connectivity index (χ1) is 11.0. The molecule has 0 atom stereocenters. The van der Waals surface area contributed by atoms with E-state index >= 15 is 0 Å².